The SMILES string of the molecule is COc1ccc(CN2C(=O)CCN(Cc3ccc(N4CCN(CCN5CCN(c6ccc([N+](=O)[O-])cc6)CC5)CC4)cc3)C2=O)cc1. The molecule has 12 heteroatoms. The van der Waals surface area contributed by atoms with Crippen LogP contribution in [0, 0.1) is 10.1 Å². The number of nitro groups is 1. The minimum Gasteiger partial charge on any atom is -0.497 e. The van der Waals surface area contributed by atoms with Gasteiger partial charge in [0.05, 0.1) is 18.6 Å². The van der Waals surface area contributed by atoms with Gasteiger partial charge in [0, 0.05) is 108 Å². The van der Waals surface area contributed by atoms with Gasteiger partial charge in [-0.15, -0.1) is 0 Å². The second-order valence-electron chi connectivity index (χ2n) is 12.4. The van der Waals surface area contributed by atoms with Gasteiger partial charge in [0.15, 0.2) is 0 Å². The zero-order valence-corrected chi connectivity index (χ0v) is 27.0. The van der Waals surface area contributed by atoms with Crippen LogP contribution in [0.25, 0.3) is 0 Å². The first-order valence-electron chi connectivity index (χ1n) is 16.4. The molecular weight excluding hydrogens is 598 g/mol. The minimum absolute atomic E-state index is 0.128. The van der Waals surface area contributed by atoms with Crippen molar-refractivity contribution in [1.82, 2.24) is 19.6 Å². The summed E-state index contributed by atoms with van der Waals surface area (Å²) in [6.45, 7) is 11.1. The molecule has 3 heterocycles. The highest BCUT2D eigenvalue weighted by Crippen LogP contribution is 2.23. The Morgan fingerprint density at radius 1 is 0.660 bits per heavy atom. The van der Waals surface area contributed by atoms with Gasteiger partial charge in [0.25, 0.3) is 5.69 Å². The molecule has 6 rings (SSSR count). The van der Waals surface area contributed by atoms with Crippen molar-refractivity contribution < 1.29 is 19.2 Å². The second-order valence-corrected chi connectivity index (χ2v) is 12.4. The van der Waals surface area contributed by atoms with Crippen LogP contribution in [-0.4, -0.2) is 116 Å². The Hall–Kier alpha value is -4.68. The summed E-state index contributed by atoms with van der Waals surface area (Å²) in [6.07, 6.45) is 0.322. The molecule has 3 aromatic rings. The first-order chi connectivity index (χ1) is 22.9. The zero-order valence-electron chi connectivity index (χ0n) is 27.0. The van der Waals surface area contributed by atoms with Crippen LogP contribution in [-0.2, 0) is 17.9 Å². The van der Waals surface area contributed by atoms with Gasteiger partial charge in [-0.3, -0.25) is 29.6 Å². The topological polar surface area (TPSA) is 106 Å². The number of benzene rings is 3. The maximum absolute atomic E-state index is 13.2. The largest absolute Gasteiger partial charge is 0.497 e. The number of methoxy groups -OCH3 is 1. The minimum atomic E-state index is -0.358. The molecule has 3 aliphatic heterocycles. The molecule has 12 nitrogen and oxygen atoms in total. The molecule has 0 aromatic heterocycles. The van der Waals surface area contributed by atoms with Crippen molar-refractivity contribution in [3.63, 3.8) is 0 Å². The van der Waals surface area contributed by atoms with E-state index < -0.39 is 0 Å². The number of hydrogen-bond acceptors (Lipinski definition) is 9. The molecule has 3 fully saturated rings. The number of ether oxygens (including phenoxy) is 1. The molecule has 0 saturated carbocycles. The summed E-state index contributed by atoms with van der Waals surface area (Å²) < 4.78 is 5.21. The van der Waals surface area contributed by atoms with Crippen LogP contribution in [0.5, 0.6) is 5.75 Å². The summed E-state index contributed by atoms with van der Waals surface area (Å²) in [5, 5.41) is 10.9. The van der Waals surface area contributed by atoms with Crippen molar-refractivity contribution in [2.45, 2.75) is 19.5 Å². The van der Waals surface area contributed by atoms with Crippen LogP contribution in [0.1, 0.15) is 17.5 Å². The number of carbonyl (C=O) groups is 2. The summed E-state index contributed by atoms with van der Waals surface area (Å²) in [5.41, 5.74) is 4.30. The summed E-state index contributed by atoms with van der Waals surface area (Å²) >= 11 is 0. The van der Waals surface area contributed by atoms with Crippen molar-refractivity contribution >= 4 is 29.0 Å². The van der Waals surface area contributed by atoms with Gasteiger partial charge in [-0.25, -0.2) is 4.79 Å². The fraction of sp³-hybridized carbons (Fsp3) is 0.429. The number of carbonyl (C=O) groups excluding carboxylic acids is 2. The van der Waals surface area contributed by atoms with Crippen molar-refractivity contribution in [3.05, 3.63) is 94.0 Å². The van der Waals surface area contributed by atoms with E-state index in [0.717, 1.165) is 88.0 Å². The molecule has 0 N–H and O–H groups in total. The lowest BCUT2D eigenvalue weighted by Gasteiger charge is -2.39. The Labute approximate surface area is 275 Å². The summed E-state index contributed by atoms with van der Waals surface area (Å²) in [6, 6.07) is 22.5. The number of piperazine rings is 2. The molecular formula is C35H43N7O5. The molecule has 3 aliphatic rings. The standard InChI is InChI=1S/C35H43N7O5/c1-47-33-12-4-29(5-13-33)27-41-34(43)14-15-40(35(41)44)26-28-2-6-30(7-3-28)38-22-18-36(19-23-38)16-17-37-20-24-39(25-21-37)31-8-10-32(11-9-31)42(45)46/h2-13H,14-27H2,1H3. The lowest BCUT2D eigenvalue weighted by atomic mass is 10.1. The molecule has 0 unspecified atom stereocenters. The van der Waals surface area contributed by atoms with E-state index in [2.05, 4.69) is 43.9 Å². The van der Waals surface area contributed by atoms with Crippen LogP contribution >= 0.6 is 0 Å². The van der Waals surface area contributed by atoms with E-state index in [1.165, 1.54) is 10.6 Å². The lowest BCUT2D eigenvalue weighted by molar-refractivity contribution is -0.384. The third-order valence-electron chi connectivity index (χ3n) is 9.48. The number of amides is 3. The van der Waals surface area contributed by atoms with E-state index in [4.69, 9.17) is 4.74 Å². The van der Waals surface area contributed by atoms with Gasteiger partial charge in [-0.1, -0.05) is 24.3 Å². The third kappa shape index (κ3) is 8.01. The Morgan fingerprint density at radius 2 is 1.15 bits per heavy atom. The number of hydrogen-bond donors (Lipinski definition) is 0. The Morgan fingerprint density at radius 3 is 1.66 bits per heavy atom. The average molecular weight is 642 g/mol. The summed E-state index contributed by atoms with van der Waals surface area (Å²) in [7, 11) is 1.61. The zero-order chi connectivity index (χ0) is 32.8. The number of nitro benzene ring substituents is 1. The Balaban J connectivity index is 0.920. The molecule has 3 amide bonds. The number of rotatable bonds is 11. The fourth-order valence-electron chi connectivity index (χ4n) is 6.51. The third-order valence-corrected chi connectivity index (χ3v) is 9.48. The van der Waals surface area contributed by atoms with Crippen molar-refractivity contribution in [2.24, 2.45) is 0 Å². The normalized spacial score (nSPS) is 18.1. The van der Waals surface area contributed by atoms with Gasteiger partial charge in [-0.05, 0) is 47.5 Å². The van der Waals surface area contributed by atoms with Crippen LogP contribution in [0.4, 0.5) is 21.9 Å². The molecule has 248 valence electrons. The van der Waals surface area contributed by atoms with Gasteiger partial charge >= 0.3 is 6.03 Å². The van der Waals surface area contributed by atoms with E-state index in [-0.39, 0.29) is 29.1 Å². The highest BCUT2D eigenvalue weighted by molar-refractivity contribution is 5.96. The Bertz CT molecular complexity index is 1520. The lowest BCUT2D eigenvalue weighted by Crippen LogP contribution is -2.51. The molecule has 3 aromatic carbocycles. The van der Waals surface area contributed by atoms with E-state index in [1.807, 2.05) is 36.4 Å². The first kappa shape index (κ1) is 32.3. The molecule has 0 aliphatic carbocycles. The van der Waals surface area contributed by atoms with Gasteiger partial charge in [-0.2, -0.15) is 0 Å². The predicted molar refractivity (Wildman–Crippen MR) is 181 cm³/mol. The molecule has 0 atom stereocenters. The van der Waals surface area contributed by atoms with Crippen LogP contribution in [0.2, 0.25) is 0 Å². The van der Waals surface area contributed by atoms with Crippen molar-refractivity contribution in [1.29, 1.82) is 0 Å². The summed E-state index contributed by atoms with van der Waals surface area (Å²) in [4.78, 5) is 49.3. The molecule has 47 heavy (non-hydrogen) atoms. The summed E-state index contributed by atoms with van der Waals surface area (Å²) in [5.74, 6) is 0.598. The quantitative estimate of drug-likeness (QED) is 0.228. The number of nitrogens with zero attached hydrogens (tertiary/aromatic N) is 7. The number of urea groups is 1. The second kappa shape index (κ2) is 14.8. The fourth-order valence-corrected chi connectivity index (χ4v) is 6.51. The number of anilines is 2. The van der Waals surface area contributed by atoms with E-state index >= 15 is 0 Å². The highest BCUT2D eigenvalue weighted by Gasteiger charge is 2.32. The maximum atomic E-state index is 13.2. The van der Waals surface area contributed by atoms with Crippen LogP contribution in [0.15, 0.2) is 72.8 Å². The molecule has 0 bridgehead atoms. The molecule has 3 saturated heterocycles. The van der Waals surface area contributed by atoms with Crippen LogP contribution in [0.3, 0.4) is 0 Å². The average Bonchev–Trinajstić information content (AvgIpc) is 3.11. The van der Waals surface area contributed by atoms with Crippen molar-refractivity contribution in [3.8, 4) is 5.75 Å². The molecule has 0 spiro atoms. The van der Waals surface area contributed by atoms with Crippen LogP contribution < -0.4 is 14.5 Å². The number of non-ortho nitro benzene ring substituents is 1. The van der Waals surface area contributed by atoms with Crippen molar-refractivity contribution in [2.75, 3.05) is 88.9 Å². The van der Waals surface area contributed by atoms with Gasteiger partial charge < -0.3 is 19.4 Å². The Kier molecular flexibility index (Phi) is 10.2. The van der Waals surface area contributed by atoms with Gasteiger partial charge in [0.2, 0.25) is 5.91 Å². The first-order valence-corrected chi connectivity index (χ1v) is 16.4. The highest BCUT2D eigenvalue weighted by atomic mass is 16.6. The number of imide groups is 1. The van der Waals surface area contributed by atoms with Gasteiger partial charge in [0.1, 0.15) is 5.75 Å². The van der Waals surface area contributed by atoms with E-state index in [9.17, 15) is 19.7 Å². The predicted octanol–water partition coefficient (Wildman–Crippen LogP) is 3.90. The van der Waals surface area contributed by atoms with E-state index in [1.54, 1.807) is 24.1 Å². The smallest absolute Gasteiger partial charge is 0.327 e. The monoisotopic (exact) mass is 641 g/mol. The maximum Gasteiger partial charge on any atom is 0.327 e. The molecule has 0 radical (unpaired) electrons. The van der Waals surface area contributed by atoms with E-state index in [0.29, 0.717) is 19.5 Å².